The highest BCUT2D eigenvalue weighted by Crippen LogP contribution is 2.39. The van der Waals surface area contributed by atoms with Crippen molar-refractivity contribution in [3.8, 4) is 0 Å². The fourth-order valence-electron chi connectivity index (χ4n) is 2.77. The van der Waals surface area contributed by atoms with E-state index in [9.17, 15) is 0 Å². The van der Waals surface area contributed by atoms with Gasteiger partial charge in [-0.2, -0.15) is 11.8 Å². The van der Waals surface area contributed by atoms with Gasteiger partial charge >= 0.3 is 0 Å². The zero-order chi connectivity index (χ0) is 13.4. The maximum atomic E-state index is 6.03. The summed E-state index contributed by atoms with van der Waals surface area (Å²) in [5.74, 6) is 3.08. The Kier molecular flexibility index (Phi) is 3.56. The van der Waals surface area contributed by atoms with Crippen LogP contribution in [-0.2, 0) is 0 Å². The standard InChI is InChI=1S/C14H22N4S/c1-8-12(15)17-14(9-6-7-9)18-13(8)16-10-4-3-5-11(10)19-2/h9-11H,3-7H2,1-2H3,(H3,15,16,17,18). The van der Waals surface area contributed by atoms with Crippen molar-refractivity contribution in [1.82, 2.24) is 9.97 Å². The van der Waals surface area contributed by atoms with Crippen molar-refractivity contribution in [2.24, 2.45) is 0 Å². The molecule has 2 aliphatic rings. The Bertz CT molecular complexity index is 473. The van der Waals surface area contributed by atoms with Gasteiger partial charge in [-0.15, -0.1) is 0 Å². The molecule has 3 rings (SSSR count). The second kappa shape index (κ2) is 5.19. The fourth-order valence-corrected chi connectivity index (χ4v) is 3.70. The third kappa shape index (κ3) is 2.66. The van der Waals surface area contributed by atoms with E-state index in [1.165, 1.54) is 32.1 Å². The monoisotopic (exact) mass is 278 g/mol. The smallest absolute Gasteiger partial charge is 0.136 e. The Morgan fingerprint density at radius 3 is 2.68 bits per heavy atom. The first kappa shape index (κ1) is 13.0. The van der Waals surface area contributed by atoms with E-state index in [0.717, 1.165) is 17.2 Å². The number of nitrogens with zero attached hydrogens (tertiary/aromatic N) is 2. The van der Waals surface area contributed by atoms with Crippen molar-refractivity contribution in [2.45, 2.75) is 56.2 Å². The number of anilines is 2. The number of hydrogen-bond donors (Lipinski definition) is 2. The van der Waals surface area contributed by atoms with Gasteiger partial charge in [0.1, 0.15) is 17.5 Å². The van der Waals surface area contributed by atoms with Gasteiger partial charge < -0.3 is 11.1 Å². The highest BCUT2D eigenvalue weighted by molar-refractivity contribution is 7.99. The quantitative estimate of drug-likeness (QED) is 0.886. The van der Waals surface area contributed by atoms with Gasteiger partial charge in [0, 0.05) is 22.8 Å². The maximum Gasteiger partial charge on any atom is 0.136 e. The molecule has 0 bridgehead atoms. The molecule has 0 aliphatic heterocycles. The highest BCUT2D eigenvalue weighted by atomic mass is 32.2. The average molecular weight is 278 g/mol. The molecule has 104 valence electrons. The number of hydrogen-bond acceptors (Lipinski definition) is 5. The maximum absolute atomic E-state index is 6.03. The molecule has 5 heteroatoms. The van der Waals surface area contributed by atoms with Crippen molar-refractivity contribution in [2.75, 3.05) is 17.3 Å². The molecule has 1 aromatic rings. The normalized spacial score (nSPS) is 26.6. The van der Waals surface area contributed by atoms with E-state index in [1.807, 2.05) is 18.7 Å². The Morgan fingerprint density at radius 1 is 1.21 bits per heavy atom. The Labute approximate surface area is 119 Å². The number of nitrogens with one attached hydrogen (secondary N) is 1. The van der Waals surface area contributed by atoms with Gasteiger partial charge in [-0.3, -0.25) is 0 Å². The zero-order valence-corrected chi connectivity index (χ0v) is 12.5. The molecule has 4 nitrogen and oxygen atoms in total. The van der Waals surface area contributed by atoms with Gasteiger partial charge in [0.25, 0.3) is 0 Å². The largest absolute Gasteiger partial charge is 0.383 e. The molecule has 1 aromatic heterocycles. The topological polar surface area (TPSA) is 63.8 Å². The Hall–Kier alpha value is -0.970. The molecule has 3 N–H and O–H groups in total. The lowest BCUT2D eigenvalue weighted by Gasteiger charge is -2.21. The minimum Gasteiger partial charge on any atom is -0.383 e. The lowest BCUT2D eigenvalue weighted by atomic mass is 10.2. The van der Waals surface area contributed by atoms with E-state index in [2.05, 4.69) is 16.6 Å². The van der Waals surface area contributed by atoms with Crippen LogP contribution in [0.2, 0.25) is 0 Å². The average Bonchev–Trinajstić information content (AvgIpc) is 3.15. The van der Waals surface area contributed by atoms with E-state index >= 15 is 0 Å². The summed E-state index contributed by atoms with van der Waals surface area (Å²) >= 11 is 1.96. The molecule has 1 heterocycles. The molecule has 19 heavy (non-hydrogen) atoms. The van der Waals surface area contributed by atoms with Crippen LogP contribution < -0.4 is 11.1 Å². The predicted molar refractivity (Wildman–Crippen MR) is 81.7 cm³/mol. The third-order valence-corrected chi connectivity index (χ3v) is 5.39. The van der Waals surface area contributed by atoms with E-state index in [0.29, 0.717) is 23.0 Å². The minimum absolute atomic E-state index is 0.523. The molecule has 2 unspecified atom stereocenters. The Balaban J connectivity index is 1.83. The summed E-state index contributed by atoms with van der Waals surface area (Å²) in [6, 6.07) is 0.523. The summed E-state index contributed by atoms with van der Waals surface area (Å²) in [6.45, 7) is 2.01. The second-order valence-corrected chi connectivity index (χ2v) is 6.75. The number of nitrogens with two attached hydrogens (primary N) is 1. The minimum atomic E-state index is 0.523. The Morgan fingerprint density at radius 2 is 2.00 bits per heavy atom. The zero-order valence-electron chi connectivity index (χ0n) is 11.6. The van der Waals surface area contributed by atoms with Crippen LogP contribution in [0.3, 0.4) is 0 Å². The molecule has 0 spiro atoms. The summed E-state index contributed by atoms with van der Waals surface area (Å²) in [5.41, 5.74) is 7.03. The molecule has 2 fully saturated rings. The molecule has 2 saturated carbocycles. The van der Waals surface area contributed by atoms with Gasteiger partial charge in [0.05, 0.1) is 0 Å². The van der Waals surface area contributed by atoms with Gasteiger partial charge in [-0.1, -0.05) is 6.42 Å². The van der Waals surface area contributed by atoms with E-state index in [-0.39, 0.29) is 0 Å². The predicted octanol–water partition coefficient (Wildman–Crippen LogP) is 2.94. The SMILES string of the molecule is CSC1CCCC1Nc1nc(C2CC2)nc(N)c1C. The van der Waals surface area contributed by atoms with E-state index in [4.69, 9.17) is 10.7 Å². The van der Waals surface area contributed by atoms with Gasteiger partial charge in [0.2, 0.25) is 0 Å². The van der Waals surface area contributed by atoms with E-state index < -0.39 is 0 Å². The summed E-state index contributed by atoms with van der Waals surface area (Å²) in [7, 11) is 0. The number of nitrogen functional groups attached to an aromatic ring is 1. The molecule has 0 radical (unpaired) electrons. The van der Waals surface area contributed by atoms with Crippen LogP contribution >= 0.6 is 11.8 Å². The first-order chi connectivity index (χ1) is 9.19. The van der Waals surface area contributed by atoms with Crippen molar-refractivity contribution in [3.05, 3.63) is 11.4 Å². The van der Waals surface area contributed by atoms with Crippen LogP contribution in [0.25, 0.3) is 0 Å². The van der Waals surface area contributed by atoms with Crippen LogP contribution in [0, 0.1) is 6.92 Å². The lowest BCUT2D eigenvalue weighted by Crippen LogP contribution is -2.27. The van der Waals surface area contributed by atoms with E-state index in [1.54, 1.807) is 0 Å². The third-order valence-electron chi connectivity index (χ3n) is 4.22. The summed E-state index contributed by atoms with van der Waals surface area (Å²) < 4.78 is 0. The molecule has 2 atom stereocenters. The van der Waals surface area contributed by atoms with Gasteiger partial charge in [-0.05, 0) is 38.9 Å². The molecule has 0 amide bonds. The van der Waals surface area contributed by atoms with Gasteiger partial charge in [0.15, 0.2) is 0 Å². The summed E-state index contributed by atoms with van der Waals surface area (Å²) in [4.78, 5) is 9.15. The highest BCUT2D eigenvalue weighted by Gasteiger charge is 2.30. The fraction of sp³-hybridized carbons (Fsp3) is 0.714. The first-order valence-electron chi connectivity index (χ1n) is 7.12. The second-order valence-electron chi connectivity index (χ2n) is 5.67. The van der Waals surface area contributed by atoms with Crippen LogP contribution in [0.1, 0.15) is 49.4 Å². The molecular weight excluding hydrogens is 256 g/mol. The molecule has 0 aromatic carbocycles. The molecule has 0 saturated heterocycles. The van der Waals surface area contributed by atoms with Crippen LogP contribution in [0.15, 0.2) is 0 Å². The van der Waals surface area contributed by atoms with Crippen LogP contribution in [0.4, 0.5) is 11.6 Å². The van der Waals surface area contributed by atoms with Crippen LogP contribution in [0.5, 0.6) is 0 Å². The number of aromatic nitrogens is 2. The molecular formula is C14H22N4S. The van der Waals surface area contributed by atoms with Crippen LogP contribution in [-0.4, -0.2) is 27.5 Å². The van der Waals surface area contributed by atoms with Crippen molar-refractivity contribution >= 4 is 23.4 Å². The number of thioether (sulfide) groups is 1. The van der Waals surface area contributed by atoms with Gasteiger partial charge in [-0.25, -0.2) is 9.97 Å². The number of rotatable bonds is 4. The summed E-state index contributed by atoms with van der Waals surface area (Å²) in [5, 5.41) is 4.32. The van der Waals surface area contributed by atoms with Crippen molar-refractivity contribution in [3.63, 3.8) is 0 Å². The summed E-state index contributed by atoms with van der Waals surface area (Å²) in [6.07, 6.45) is 8.44. The van der Waals surface area contributed by atoms with Crippen molar-refractivity contribution < 1.29 is 0 Å². The van der Waals surface area contributed by atoms with Crippen molar-refractivity contribution in [1.29, 1.82) is 0 Å². The molecule has 2 aliphatic carbocycles. The lowest BCUT2D eigenvalue weighted by molar-refractivity contribution is 0.757. The first-order valence-corrected chi connectivity index (χ1v) is 8.41.